The zero-order valence-electron chi connectivity index (χ0n) is 9.52. The second kappa shape index (κ2) is 5.50. The summed E-state index contributed by atoms with van der Waals surface area (Å²) in [6.45, 7) is 1.62. The molecule has 1 fully saturated rings. The van der Waals surface area contributed by atoms with Gasteiger partial charge in [-0.05, 0) is 43.6 Å². The van der Waals surface area contributed by atoms with Crippen LogP contribution in [0.1, 0.15) is 18.4 Å². The molecule has 0 saturated carbocycles. The van der Waals surface area contributed by atoms with Crippen molar-refractivity contribution < 1.29 is 8.42 Å². The maximum absolute atomic E-state index is 12.2. The average Bonchev–Trinajstić information content (AvgIpc) is 2.29. The summed E-state index contributed by atoms with van der Waals surface area (Å²) in [5, 5.41) is 3.01. The SMILES string of the molecule is O=S(=O)(Cc1cccc(Br)c1)C1CCNCC1. The number of hydrogen-bond donors (Lipinski definition) is 1. The first-order valence-electron chi connectivity index (χ1n) is 5.75. The van der Waals surface area contributed by atoms with Gasteiger partial charge in [0.2, 0.25) is 0 Å². The highest BCUT2D eigenvalue weighted by molar-refractivity contribution is 9.10. The molecule has 0 bridgehead atoms. The lowest BCUT2D eigenvalue weighted by atomic mass is 10.2. The highest BCUT2D eigenvalue weighted by Gasteiger charge is 2.27. The first-order valence-corrected chi connectivity index (χ1v) is 8.25. The highest BCUT2D eigenvalue weighted by Crippen LogP contribution is 2.20. The summed E-state index contributed by atoms with van der Waals surface area (Å²) in [6.07, 6.45) is 1.46. The van der Waals surface area contributed by atoms with Gasteiger partial charge in [0, 0.05) is 4.47 Å². The van der Waals surface area contributed by atoms with Gasteiger partial charge in [-0.3, -0.25) is 0 Å². The molecule has 0 atom stereocenters. The van der Waals surface area contributed by atoms with Crippen molar-refractivity contribution in [2.24, 2.45) is 0 Å². The molecule has 2 rings (SSSR count). The fraction of sp³-hybridized carbons (Fsp3) is 0.500. The largest absolute Gasteiger partial charge is 0.317 e. The maximum atomic E-state index is 12.2. The average molecular weight is 318 g/mol. The molecule has 3 nitrogen and oxygen atoms in total. The monoisotopic (exact) mass is 317 g/mol. The van der Waals surface area contributed by atoms with E-state index in [1.165, 1.54) is 0 Å². The van der Waals surface area contributed by atoms with Gasteiger partial charge < -0.3 is 5.32 Å². The minimum absolute atomic E-state index is 0.150. The summed E-state index contributed by atoms with van der Waals surface area (Å²) in [4.78, 5) is 0. The van der Waals surface area contributed by atoms with Gasteiger partial charge in [-0.1, -0.05) is 28.1 Å². The molecule has 1 heterocycles. The van der Waals surface area contributed by atoms with E-state index in [4.69, 9.17) is 0 Å². The molecule has 1 N–H and O–H groups in total. The number of rotatable bonds is 3. The smallest absolute Gasteiger partial charge is 0.157 e. The molecule has 94 valence electrons. The van der Waals surface area contributed by atoms with Crippen molar-refractivity contribution in [1.82, 2.24) is 5.32 Å². The Bertz CT molecular complexity index is 481. The minimum atomic E-state index is -3.01. The van der Waals surface area contributed by atoms with Gasteiger partial charge in [0.05, 0.1) is 11.0 Å². The summed E-state index contributed by atoms with van der Waals surface area (Å²) in [6, 6.07) is 7.51. The molecule has 0 aliphatic carbocycles. The summed E-state index contributed by atoms with van der Waals surface area (Å²) in [7, 11) is -3.01. The van der Waals surface area contributed by atoms with E-state index in [2.05, 4.69) is 21.2 Å². The molecule has 1 aliphatic rings. The van der Waals surface area contributed by atoms with E-state index in [9.17, 15) is 8.42 Å². The standard InChI is InChI=1S/C12H16BrNO2S/c13-11-3-1-2-10(8-11)9-17(15,16)12-4-6-14-7-5-12/h1-3,8,12,14H,4-7,9H2. The van der Waals surface area contributed by atoms with E-state index in [-0.39, 0.29) is 11.0 Å². The van der Waals surface area contributed by atoms with E-state index < -0.39 is 9.84 Å². The Morgan fingerprint density at radius 2 is 2.00 bits per heavy atom. The van der Waals surface area contributed by atoms with Crippen LogP contribution in [0.3, 0.4) is 0 Å². The van der Waals surface area contributed by atoms with Gasteiger partial charge in [-0.15, -0.1) is 0 Å². The molecule has 1 aliphatic heterocycles. The van der Waals surface area contributed by atoms with Gasteiger partial charge in [0.25, 0.3) is 0 Å². The minimum Gasteiger partial charge on any atom is -0.317 e. The molecule has 0 radical (unpaired) electrons. The Balaban J connectivity index is 2.11. The predicted molar refractivity (Wildman–Crippen MR) is 72.7 cm³/mol. The van der Waals surface area contributed by atoms with Crippen LogP contribution in [-0.2, 0) is 15.6 Å². The number of nitrogens with one attached hydrogen (secondary N) is 1. The van der Waals surface area contributed by atoms with Crippen molar-refractivity contribution in [3.63, 3.8) is 0 Å². The van der Waals surface area contributed by atoms with Gasteiger partial charge in [0.15, 0.2) is 9.84 Å². The summed E-state index contributed by atoms with van der Waals surface area (Å²) >= 11 is 3.36. The van der Waals surface area contributed by atoms with E-state index in [0.29, 0.717) is 0 Å². The lowest BCUT2D eigenvalue weighted by Crippen LogP contribution is -2.36. The molecule has 0 amide bonds. The van der Waals surface area contributed by atoms with Crippen molar-refractivity contribution in [2.45, 2.75) is 23.8 Å². The normalized spacial score (nSPS) is 18.2. The highest BCUT2D eigenvalue weighted by atomic mass is 79.9. The third kappa shape index (κ3) is 3.53. The molecule has 1 saturated heterocycles. The Kier molecular flexibility index (Phi) is 4.22. The van der Waals surface area contributed by atoms with Crippen LogP contribution < -0.4 is 5.32 Å². The van der Waals surface area contributed by atoms with Crippen molar-refractivity contribution in [3.05, 3.63) is 34.3 Å². The quantitative estimate of drug-likeness (QED) is 0.928. The Hall–Kier alpha value is -0.390. The molecule has 1 aromatic carbocycles. The topological polar surface area (TPSA) is 46.2 Å². The first kappa shape index (κ1) is 13.1. The number of sulfone groups is 1. The molecule has 1 aromatic rings. The third-order valence-electron chi connectivity index (χ3n) is 3.05. The lowest BCUT2D eigenvalue weighted by Gasteiger charge is -2.22. The summed E-state index contributed by atoms with van der Waals surface area (Å²) < 4.78 is 25.4. The van der Waals surface area contributed by atoms with Crippen LogP contribution in [0.2, 0.25) is 0 Å². The van der Waals surface area contributed by atoms with E-state index in [1.807, 2.05) is 24.3 Å². The molecule has 17 heavy (non-hydrogen) atoms. The molecule has 5 heteroatoms. The molecule has 0 spiro atoms. The van der Waals surface area contributed by atoms with Gasteiger partial charge in [0.1, 0.15) is 0 Å². The van der Waals surface area contributed by atoms with Crippen LogP contribution in [0, 0.1) is 0 Å². The zero-order chi connectivity index (χ0) is 12.3. The number of hydrogen-bond acceptors (Lipinski definition) is 3. The van der Waals surface area contributed by atoms with Crippen LogP contribution in [0.15, 0.2) is 28.7 Å². The molecular formula is C12H16BrNO2S. The van der Waals surface area contributed by atoms with Gasteiger partial charge in [-0.2, -0.15) is 0 Å². The Morgan fingerprint density at radius 1 is 1.29 bits per heavy atom. The lowest BCUT2D eigenvalue weighted by molar-refractivity contribution is 0.496. The summed E-state index contributed by atoms with van der Waals surface area (Å²) in [5.41, 5.74) is 0.859. The summed E-state index contributed by atoms with van der Waals surface area (Å²) in [5.74, 6) is 0.150. The Labute approximate surface area is 111 Å². The third-order valence-corrected chi connectivity index (χ3v) is 5.77. The van der Waals surface area contributed by atoms with Crippen LogP contribution in [0.25, 0.3) is 0 Å². The van der Waals surface area contributed by atoms with E-state index in [0.717, 1.165) is 36.0 Å². The van der Waals surface area contributed by atoms with Crippen molar-refractivity contribution in [3.8, 4) is 0 Å². The van der Waals surface area contributed by atoms with Crippen LogP contribution in [0.5, 0.6) is 0 Å². The van der Waals surface area contributed by atoms with Gasteiger partial charge in [-0.25, -0.2) is 8.42 Å². The number of benzene rings is 1. The van der Waals surface area contributed by atoms with Crippen molar-refractivity contribution in [1.29, 1.82) is 0 Å². The molecule has 0 unspecified atom stereocenters. The zero-order valence-corrected chi connectivity index (χ0v) is 11.9. The predicted octanol–water partition coefficient (Wildman–Crippen LogP) is 2.12. The first-order chi connectivity index (χ1) is 8.08. The fourth-order valence-corrected chi connectivity index (χ4v) is 4.41. The van der Waals surface area contributed by atoms with Crippen molar-refractivity contribution in [2.75, 3.05) is 13.1 Å². The van der Waals surface area contributed by atoms with Crippen LogP contribution in [-0.4, -0.2) is 26.8 Å². The van der Waals surface area contributed by atoms with Gasteiger partial charge >= 0.3 is 0 Å². The fourth-order valence-electron chi connectivity index (χ4n) is 2.13. The van der Waals surface area contributed by atoms with Crippen LogP contribution >= 0.6 is 15.9 Å². The van der Waals surface area contributed by atoms with E-state index in [1.54, 1.807) is 0 Å². The van der Waals surface area contributed by atoms with E-state index >= 15 is 0 Å². The molecule has 0 aromatic heterocycles. The number of piperidine rings is 1. The Morgan fingerprint density at radius 3 is 2.65 bits per heavy atom. The van der Waals surface area contributed by atoms with Crippen molar-refractivity contribution >= 4 is 25.8 Å². The molecular weight excluding hydrogens is 302 g/mol. The maximum Gasteiger partial charge on any atom is 0.157 e. The second-order valence-corrected chi connectivity index (χ2v) is 7.58. The second-order valence-electron chi connectivity index (χ2n) is 4.39. The van der Waals surface area contributed by atoms with Crippen LogP contribution in [0.4, 0.5) is 0 Å². The number of halogens is 1.